The third-order valence-corrected chi connectivity index (χ3v) is 15.3. The van der Waals surface area contributed by atoms with E-state index in [0.717, 1.165) is 31.3 Å². The van der Waals surface area contributed by atoms with E-state index in [1.807, 2.05) is 58.1 Å². The molecular weight excluding hydrogens is 855 g/mol. The zero-order valence-electron chi connectivity index (χ0n) is 41.9. The Morgan fingerprint density at radius 2 is 1.61 bits per heavy atom. The molecule has 374 valence electrons. The van der Waals surface area contributed by atoms with E-state index >= 15 is 0 Å². The number of aliphatic hydroxyl groups excluding tert-OH is 1. The summed E-state index contributed by atoms with van der Waals surface area (Å²) in [5, 5.41) is 35.3. The summed E-state index contributed by atoms with van der Waals surface area (Å²) in [6.45, 7) is 15.9. The standard InChI is InChI=1S/C52H81N5O10/c1-32-16-12-11-13-17-34(3)35(4)29-41-22-20-39(8)52(63,67-41)49(60)50(61)56-25-15-14-18-43(56)51(62)66-44(24-19-33(2)27-38(7)47(59)48(65-10)46(58)37(6)26-32)36(5)28-40-21-23-42(45(30-40)64-9)57-31-53-54-55-57/h11-13,16-17,27,31-33,35-37,39-45,47-48,59,63H,14-15,18-26,28-30H2,1-10H3/b13-11+,16-12+,34-17+,38-27+/t32-,33+,35?,36-,37-,39-,40+,41+,42+,43+,44+,45-,47-,48+,52-/m1/s1. The van der Waals surface area contributed by atoms with Gasteiger partial charge in [0.2, 0.25) is 5.79 Å². The van der Waals surface area contributed by atoms with Gasteiger partial charge in [0.05, 0.1) is 18.2 Å². The molecule has 3 aliphatic heterocycles. The molecule has 1 aromatic rings. The summed E-state index contributed by atoms with van der Waals surface area (Å²) in [7, 11) is 3.16. The molecule has 2 N–H and O–H groups in total. The lowest BCUT2D eigenvalue weighted by Crippen LogP contribution is -2.60. The number of esters is 1. The number of nitrogens with zero attached hydrogens (tertiary/aromatic N) is 5. The number of methoxy groups -OCH3 is 2. The maximum atomic E-state index is 14.5. The van der Waals surface area contributed by atoms with Gasteiger partial charge in [-0.05, 0) is 143 Å². The zero-order valence-corrected chi connectivity index (χ0v) is 41.9. The van der Waals surface area contributed by atoms with Gasteiger partial charge in [-0.3, -0.25) is 14.4 Å². The number of fused-ring (bicyclic) bond motifs is 3. The van der Waals surface area contributed by atoms with Crippen molar-refractivity contribution < 1.29 is 48.3 Å². The number of hydrogen-bond donors (Lipinski definition) is 2. The molecule has 1 saturated carbocycles. The lowest BCUT2D eigenvalue weighted by molar-refractivity contribution is -0.264. The number of ether oxygens (including phenoxy) is 4. The van der Waals surface area contributed by atoms with Crippen LogP contribution in [-0.2, 0) is 38.1 Å². The monoisotopic (exact) mass is 936 g/mol. The van der Waals surface area contributed by atoms with E-state index in [2.05, 4.69) is 42.4 Å². The second kappa shape index (κ2) is 25.1. The summed E-state index contributed by atoms with van der Waals surface area (Å²) in [5.41, 5.74) is 1.71. The number of ketones is 2. The fourth-order valence-electron chi connectivity index (χ4n) is 10.9. The molecule has 2 bridgehead atoms. The molecule has 2 saturated heterocycles. The van der Waals surface area contributed by atoms with E-state index in [1.165, 1.54) is 12.0 Å². The Morgan fingerprint density at radius 3 is 2.31 bits per heavy atom. The van der Waals surface area contributed by atoms with Crippen LogP contribution in [0, 0.1) is 41.4 Å². The van der Waals surface area contributed by atoms with Crippen LogP contribution in [0.1, 0.15) is 145 Å². The first-order valence-corrected chi connectivity index (χ1v) is 25.0. The van der Waals surface area contributed by atoms with Gasteiger partial charge >= 0.3 is 5.97 Å². The molecular formula is C52H81N5O10. The van der Waals surface area contributed by atoms with Gasteiger partial charge in [0.15, 0.2) is 5.78 Å². The van der Waals surface area contributed by atoms with E-state index in [1.54, 1.807) is 25.0 Å². The summed E-state index contributed by atoms with van der Waals surface area (Å²) in [5.74, 6) is -5.74. The number of carbonyl (C=O) groups excluding carboxylic acids is 4. The Kier molecular flexibility index (Phi) is 20.3. The molecule has 1 aromatic heterocycles. The second-order valence-electron chi connectivity index (χ2n) is 20.7. The number of rotatable bonds is 6. The highest BCUT2D eigenvalue weighted by molar-refractivity contribution is 6.39. The van der Waals surface area contributed by atoms with Crippen molar-refractivity contribution in [2.75, 3.05) is 20.8 Å². The Balaban J connectivity index is 1.43. The van der Waals surface area contributed by atoms with Crippen LogP contribution >= 0.6 is 0 Å². The predicted octanol–water partition coefficient (Wildman–Crippen LogP) is 7.49. The molecule has 0 radical (unpaired) electrons. The summed E-state index contributed by atoms with van der Waals surface area (Å²) in [6, 6.07) is -0.989. The Morgan fingerprint density at radius 1 is 0.851 bits per heavy atom. The second-order valence-corrected chi connectivity index (χ2v) is 20.7. The first kappa shape index (κ1) is 54.1. The van der Waals surface area contributed by atoms with Crippen molar-refractivity contribution in [2.24, 2.45) is 41.4 Å². The van der Waals surface area contributed by atoms with E-state index in [0.29, 0.717) is 63.4 Å². The SMILES string of the molecule is CO[C@@H]1C[C@H](C[C@@H](C)[C@@H]2CC[C@H](C)/C=C(\C)[C@@H](O)[C@@H](OC)C(=O)[C@H](C)C[C@H](C)/C=C/C=C/C=C(\C)C(C)C[C@@H]3CC[C@@H](C)[C@@](O)(O3)C(=O)C(=O)N3CCCC[C@H]3C(=O)O2)CC[C@@H]1n1cnnn1. The van der Waals surface area contributed by atoms with Crippen molar-refractivity contribution in [3.63, 3.8) is 0 Å². The number of cyclic esters (lactones) is 1. The maximum absolute atomic E-state index is 14.5. The van der Waals surface area contributed by atoms with E-state index in [-0.39, 0.29) is 60.0 Å². The van der Waals surface area contributed by atoms with Crippen LogP contribution in [0.5, 0.6) is 0 Å². The molecule has 15 nitrogen and oxygen atoms in total. The number of Topliss-reactive ketones (excluding diaryl/α,β-unsaturated/α-hetero) is 2. The number of allylic oxidation sites excluding steroid dienone is 7. The topological polar surface area (TPSA) is 192 Å². The van der Waals surface area contributed by atoms with Crippen molar-refractivity contribution >= 4 is 23.4 Å². The molecule has 1 unspecified atom stereocenters. The van der Waals surface area contributed by atoms with Crippen LogP contribution in [0.3, 0.4) is 0 Å². The summed E-state index contributed by atoms with van der Waals surface area (Å²) >= 11 is 0. The van der Waals surface area contributed by atoms with Crippen LogP contribution in [0.25, 0.3) is 0 Å². The van der Waals surface area contributed by atoms with Gasteiger partial charge in [-0.25, -0.2) is 9.48 Å². The van der Waals surface area contributed by atoms with Crippen LogP contribution in [0.15, 0.2) is 53.9 Å². The number of carbonyl (C=O) groups is 4. The molecule has 15 atom stereocenters. The lowest BCUT2D eigenvalue weighted by atomic mass is 9.77. The Labute approximate surface area is 399 Å². The van der Waals surface area contributed by atoms with Gasteiger partial charge in [0.25, 0.3) is 11.7 Å². The molecule has 0 spiro atoms. The van der Waals surface area contributed by atoms with Crippen molar-refractivity contribution in [2.45, 2.75) is 187 Å². The number of amides is 1. The predicted molar refractivity (Wildman–Crippen MR) is 254 cm³/mol. The first-order chi connectivity index (χ1) is 31.9. The van der Waals surface area contributed by atoms with Crippen LogP contribution in [-0.4, -0.2) is 122 Å². The molecule has 4 aliphatic rings. The summed E-state index contributed by atoms with van der Waals surface area (Å²) in [6.07, 6.45) is 18.5. The van der Waals surface area contributed by atoms with E-state index < -0.39 is 59.8 Å². The molecule has 4 heterocycles. The zero-order chi connectivity index (χ0) is 49.0. The van der Waals surface area contributed by atoms with Crippen LogP contribution < -0.4 is 0 Å². The average molecular weight is 936 g/mol. The van der Waals surface area contributed by atoms with Gasteiger partial charge in [-0.15, -0.1) is 5.10 Å². The first-order valence-electron chi connectivity index (χ1n) is 25.0. The van der Waals surface area contributed by atoms with E-state index in [9.17, 15) is 29.4 Å². The van der Waals surface area contributed by atoms with Crippen molar-refractivity contribution in [3.8, 4) is 0 Å². The minimum absolute atomic E-state index is 0.0128. The Bertz CT molecular complexity index is 1920. The normalized spacial score (nSPS) is 39.5. The minimum atomic E-state index is -2.33. The highest BCUT2D eigenvalue weighted by Gasteiger charge is 2.53. The van der Waals surface area contributed by atoms with Crippen molar-refractivity contribution in [3.05, 3.63) is 53.9 Å². The lowest BCUT2D eigenvalue weighted by Gasteiger charge is -2.42. The van der Waals surface area contributed by atoms with Crippen molar-refractivity contribution in [1.29, 1.82) is 0 Å². The highest BCUT2D eigenvalue weighted by atomic mass is 16.6. The molecule has 15 heteroatoms. The summed E-state index contributed by atoms with van der Waals surface area (Å²) < 4.78 is 26.1. The number of aromatic nitrogens is 4. The van der Waals surface area contributed by atoms with Gasteiger partial charge in [-0.1, -0.05) is 83.6 Å². The van der Waals surface area contributed by atoms with Gasteiger partial charge in [0.1, 0.15) is 30.7 Å². The molecule has 1 amide bonds. The van der Waals surface area contributed by atoms with Gasteiger partial charge < -0.3 is 34.1 Å². The van der Waals surface area contributed by atoms with Gasteiger partial charge in [0, 0.05) is 32.6 Å². The van der Waals surface area contributed by atoms with E-state index in [4.69, 9.17) is 18.9 Å². The summed E-state index contributed by atoms with van der Waals surface area (Å²) in [4.78, 5) is 58.1. The quantitative estimate of drug-likeness (QED) is 0.162. The third kappa shape index (κ3) is 14.1. The van der Waals surface area contributed by atoms with Crippen LogP contribution in [0.4, 0.5) is 0 Å². The fraction of sp³-hybridized carbons (Fsp3) is 0.750. The molecule has 67 heavy (non-hydrogen) atoms. The smallest absolute Gasteiger partial charge is 0.329 e. The van der Waals surface area contributed by atoms with Gasteiger partial charge in [-0.2, -0.15) is 0 Å². The minimum Gasteiger partial charge on any atom is -0.461 e. The molecule has 5 rings (SSSR count). The molecule has 0 aromatic carbocycles. The number of aliphatic hydroxyl groups is 2. The molecule has 1 aliphatic carbocycles. The fourth-order valence-corrected chi connectivity index (χ4v) is 10.9. The maximum Gasteiger partial charge on any atom is 0.329 e. The molecule has 3 fully saturated rings. The third-order valence-electron chi connectivity index (χ3n) is 15.3. The average Bonchev–Trinajstić information content (AvgIpc) is 3.85. The van der Waals surface area contributed by atoms with Crippen molar-refractivity contribution in [1.82, 2.24) is 25.1 Å². The number of piperidine rings is 1. The largest absolute Gasteiger partial charge is 0.461 e. The number of hydrogen-bond acceptors (Lipinski definition) is 13. The Hall–Kier alpha value is -3.89. The van der Waals surface area contributed by atoms with Crippen LogP contribution in [0.2, 0.25) is 0 Å². The highest BCUT2D eigenvalue weighted by Crippen LogP contribution is 2.40. The number of tetrazole rings is 1.